The van der Waals surface area contributed by atoms with Crippen LogP contribution in [0.2, 0.25) is 0 Å². The number of amides is 2. The topological polar surface area (TPSA) is 79.5 Å². The van der Waals surface area contributed by atoms with Crippen LogP contribution in [0, 0.1) is 0 Å². The van der Waals surface area contributed by atoms with Crippen molar-refractivity contribution in [3.05, 3.63) is 24.3 Å². The zero-order valence-corrected chi connectivity index (χ0v) is 10.7. The first-order chi connectivity index (χ1) is 9.15. The van der Waals surface area contributed by atoms with Crippen LogP contribution in [-0.4, -0.2) is 37.6 Å². The summed E-state index contributed by atoms with van der Waals surface area (Å²) in [5.41, 5.74) is 1.28. The van der Waals surface area contributed by atoms with Crippen molar-refractivity contribution in [3.8, 4) is 0 Å². The lowest BCUT2D eigenvalue weighted by Gasteiger charge is -2.22. The predicted octanol–water partition coefficient (Wildman–Crippen LogP) is 0.572. The number of benzene rings is 1. The monoisotopic (exact) mass is 263 g/mol. The van der Waals surface area contributed by atoms with E-state index in [0.29, 0.717) is 24.5 Å². The lowest BCUT2D eigenvalue weighted by Crippen LogP contribution is -2.45. The first-order valence-corrected chi connectivity index (χ1v) is 6.16. The molecule has 102 valence electrons. The summed E-state index contributed by atoms with van der Waals surface area (Å²) in [6, 6.07) is 6.99. The molecule has 1 fully saturated rings. The summed E-state index contributed by atoms with van der Waals surface area (Å²) in [6.45, 7) is 3.25. The van der Waals surface area contributed by atoms with Gasteiger partial charge in [0.25, 0.3) is 5.91 Å². The van der Waals surface area contributed by atoms with Gasteiger partial charge in [-0.3, -0.25) is 9.59 Å². The first-order valence-electron chi connectivity index (χ1n) is 6.16. The highest BCUT2D eigenvalue weighted by Gasteiger charge is 2.21. The lowest BCUT2D eigenvalue weighted by molar-refractivity contribution is -0.128. The molecule has 0 bridgehead atoms. The second-order valence-corrected chi connectivity index (χ2v) is 4.31. The Morgan fingerprint density at radius 2 is 2.05 bits per heavy atom. The molecule has 0 aliphatic carbocycles. The molecule has 1 aliphatic heterocycles. The number of nitrogens with one attached hydrogen (secondary N) is 3. The summed E-state index contributed by atoms with van der Waals surface area (Å²) in [5.74, 6) is -0.338. The number of anilines is 2. The average molecular weight is 263 g/mol. The van der Waals surface area contributed by atoms with Crippen molar-refractivity contribution >= 4 is 23.2 Å². The highest BCUT2D eigenvalue weighted by molar-refractivity contribution is 5.95. The molecule has 6 nitrogen and oxygen atoms in total. The fraction of sp³-hybridized carbons (Fsp3) is 0.385. The standard InChI is InChI=1S/C13H17N3O3/c1-9(17)15-10-3-2-4-11(7-10)16-13(18)12-8-14-5-6-19-12/h2-4,7,12,14H,5-6,8H2,1H3,(H,15,17)(H,16,18). The van der Waals surface area contributed by atoms with E-state index < -0.39 is 6.10 Å². The molecule has 1 aliphatic rings. The molecule has 1 heterocycles. The van der Waals surface area contributed by atoms with E-state index in [1.54, 1.807) is 24.3 Å². The largest absolute Gasteiger partial charge is 0.366 e. The number of rotatable bonds is 3. The van der Waals surface area contributed by atoms with Crippen molar-refractivity contribution in [2.24, 2.45) is 0 Å². The molecule has 0 radical (unpaired) electrons. The maximum absolute atomic E-state index is 11.9. The maximum Gasteiger partial charge on any atom is 0.254 e. The van der Waals surface area contributed by atoms with Crippen molar-refractivity contribution in [2.75, 3.05) is 30.3 Å². The minimum absolute atomic E-state index is 0.150. The van der Waals surface area contributed by atoms with E-state index in [0.717, 1.165) is 6.54 Å². The molecule has 0 saturated carbocycles. The van der Waals surface area contributed by atoms with Crippen molar-refractivity contribution in [3.63, 3.8) is 0 Å². The zero-order valence-electron chi connectivity index (χ0n) is 10.7. The molecule has 3 N–H and O–H groups in total. The summed E-state index contributed by atoms with van der Waals surface area (Å²) in [7, 11) is 0. The molecular formula is C13H17N3O3. The van der Waals surface area contributed by atoms with Crippen LogP contribution in [0.1, 0.15) is 6.92 Å². The Labute approximate surface area is 111 Å². The molecule has 2 rings (SSSR count). The second-order valence-electron chi connectivity index (χ2n) is 4.31. The van der Waals surface area contributed by atoms with E-state index in [1.165, 1.54) is 6.92 Å². The molecule has 0 spiro atoms. The Morgan fingerprint density at radius 1 is 1.32 bits per heavy atom. The first kappa shape index (κ1) is 13.5. The van der Waals surface area contributed by atoms with Crippen molar-refractivity contribution in [1.82, 2.24) is 5.32 Å². The summed E-state index contributed by atoms with van der Waals surface area (Å²) < 4.78 is 5.36. The summed E-state index contributed by atoms with van der Waals surface area (Å²) in [6.07, 6.45) is -0.474. The third-order valence-corrected chi connectivity index (χ3v) is 2.67. The van der Waals surface area contributed by atoms with E-state index in [4.69, 9.17) is 4.74 Å². The predicted molar refractivity (Wildman–Crippen MR) is 72.0 cm³/mol. The second kappa shape index (κ2) is 6.31. The van der Waals surface area contributed by atoms with Crippen LogP contribution in [0.5, 0.6) is 0 Å². The molecule has 19 heavy (non-hydrogen) atoms. The molecule has 1 atom stereocenters. The van der Waals surface area contributed by atoms with Gasteiger partial charge in [-0.25, -0.2) is 0 Å². The number of hydrogen-bond donors (Lipinski definition) is 3. The van der Waals surface area contributed by atoms with Crippen LogP contribution in [0.25, 0.3) is 0 Å². The quantitative estimate of drug-likeness (QED) is 0.745. The molecule has 6 heteroatoms. The van der Waals surface area contributed by atoms with Crippen LogP contribution in [0.15, 0.2) is 24.3 Å². The molecule has 2 amide bonds. The summed E-state index contributed by atoms with van der Waals surface area (Å²) >= 11 is 0. The molecule has 0 aromatic heterocycles. The maximum atomic E-state index is 11.9. The third-order valence-electron chi connectivity index (χ3n) is 2.67. The minimum Gasteiger partial charge on any atom is -0.366 e. The van der Waals surface area contributed by atoms with Crippen LogP contribution in [-0.2, 0) is 14.3 Å². The van der Waals surface area contributed by atoms with E-state index >= 15 is 0 Å². The van der Waals surface area contributed by atoms with Gasteiger partial charge in [0.2, 0.25) is 5.91 Å². The van der Waals surface area contributed by atoms with Crippen LogP contribution in [0.4, 0.5) is 11.4 Å². The molecule has 1 unspecified atom stereocenters. The lowest BCUT2D eigenvalue weighted by atomic mass is 10.2. The van der Waals surface area contributed by atoms with Crippen LogP contribution < -0.4 is 16.0 Å². The van der Waals surface area contributed by atoms with Gasteiger partial charge in [0.05, 0.1) is 6.61 Å². The third kappa shape index (κ3) is 4.04. The Kier molecular flexibility index (Phi) is 4.48. The Bertz CT molecular complexity index is 470. The van der Waals surface area contributed by atoms with Gasteiger partial charge in [-0.1, -0.05) is 6.07 Å². The van der Waals surface area contributed by atoms with Crippen molar-refractivity contribution in [2.45, 2.75) is 13.0 Å². The van der Waals surface area contributed by atoms with E-state index in [2.05, 4.69) is 16.0 Å². The van der Waals surface area contributed by atoms with Gasteiger partial charge in [-0.15, -0.1) is 0 Å². The fourth-order valence-corrected chi connectivity index (χ4v) is 1.83. The SMILES string of the molecule is CC(=O)Nc1cccc(NC(=O)C2CNCCO2)c1. The number of carbonyl (C=O) groups excluding carboxylic acids is 2. The highest BCUT2D eigenvalue weighted by Crippen LogP contribution is 2.15. The Balaban J connectivity index is 1.97. The summed E-state index contributed by atoms with van der Waals surface area (Å²) in [4.78, 5) is 22.9. The molecule has 1 aromatic carbocycles. The molecule has 1 aromatic rings. The normalized spacial score (nSPS) is 18.7. The minimum atomic E-state index is -0.474. The van der Waals surface area contributed by atoms with Crippen LogP contribution in [0.3, 0.4) is 0 Å². The zero-order chi connectivity index (χ0) is 13.7. The Morgan fingerprint density at radius 3 is 2.68 bits per heavy atom. The van der Waals surface area contributed by atoms with Gasteiger partial charge < -0.3 is 20.7 Å². The van der Waals surface area contributed by atoms with Crippen LogP contribution >= 0.6 is 0 Å². The number of ether oxygens (including phenoxy) is 1. The molecular weight excluding hydrogens is 246 g/mol. The molecule has 1 saturated heterocycles. The van der Waals surface area contributed by atoms with Gasteiger partial charge >= 0.3 is 0 Å². The van der Waals surface area contributed by atoms with Crippen molar-refractivity contribution in [1.29, 1.82) is 0 Å². The van der Waals surface area contributed by atoms with Gasteiger partial charge in [0.1, 0.15) is 6.10 Å². The number of morpholine rings is 1. The van der Waals surface area contributed by atoms with Gasteiger partial charge in [-0.05, 0) is 18.2 Å². The van der Waals surface area contributed by atoms with E-state index in [9.17, 15) is 9.59 Å². The van der Waals surface area contributed by atoms with Gasteiger partial charge in [-0.2, -0.15) is 0 Å². The van der Waals surface area contributed by atoms with Crippen molar-refractivity contribution < 1.29 is 14.3 Å². The Hall–Kier alpha value is -1.92. The van der Waals surface area contributed by atoms with Gasteiger partial charge in [0.15, 0.2) is 0 Å². The average Bonchev–Trinajstić information content (AvgIpc) is 2.39. The van der Waals surface area contributed by atoms with E-state index in [1.807, 2.05) is 0 Å². The smallest absolute Gasteiger partial charge is 0.254 e. The highest BCUT2D eigenvalue weighted by atomic mass is 16.5. The summed E-state index contributed by atoms with van der Waals surface area (Å²) in [5, 5.41) is 8.53. The number of carbonyl (C=O) groups is 2. The van der Waals surface area contributed by atoms with Gasteiger partial charge in [0, 0.05) is 31.4 Å². The fourth-order valence-electron chi connectivity index (χ4n) is 1.83. The number of hydrogen-bond acceptors (Lipinski definition) is 4. The van der Waals surface area contributed by atoms with E-state index in [-0.39, 0.29) is 11.8 Å².